The fraction of sp³-hybridized carbons (Fsp3) is 0.500. The Bertz CT molecular complexity index is 575. The van der Waals surface area contributed by atoms with Gasteiger partial charge in [0.1, 0.15) is 5.65 Å². The van der Waals surface area contributed by atoms with Gasteiger partial charge in [-0.3, -0.25) is 0 Å². The van der Waals surface area contributed by atoms with E-state index in [1.54, 1.807) is 0 Å². The van der Waals surface area contributed by atoms with E-state index in [4.69, 9.17) is 0 Å². The largest absolute Gasteiger partial charge is 0.394 e. The lowest BCUT2D eigenvalue weighted by atomic mass is 9.99. The van der Waals surface area contributed by atoms with Crippen LogP contribution in [0.1, 0.15) is 31.4 Å². The summed E-state index contributed by atoms with van der Waals surface area (Å²) in [6.45, 7) is 0.950. The van der Waals surface area contributed by atoms with Gasteiger partial charge in [0.15, 0.2) is 0 Å². The number of nitrogens with one attached hydrogen (secondary N) is 1. The number of hydrogen-bond acceptors (Lipinski definition) is 3. The maximum absolute atomic E-state index is 9.61. The zero-order chi connectivity index (χ0) is 13.3. The molecule has 0 amide bonds. The summed E-state index contributed by atoms with van der Waals surface area (Å²) in [6.07, 6.45) is 8.45. The number of aromatic nitrogens is 2. The maximum Gasteiger partial charge on any atom is 0.136 e. The highest BCUT2D eigenvalue weighted by atomic mass is 79.9. The number of pyridine rings is 1. The third-order valence-corrected chi connectivity index (χ3v) is 4.52. The van der Waals surface area contributed by atoms with Crippen LogP contribution < -0.4 is 5.32 Å². The van der Waals surface area contributed by atoms with Crippen molar-refractivity contribution in [1.82, 2.24) is 14.7 Å². The molecule has 0 spiro atoms. The van der Waals surface area contributed by atoms with Gasteiger partial charge in [0.2, 0.25) is 0 Å². The molecular weight excluding hydrogens is 306 g/mol. The number of nitrogens with zero attached hydrogens (tertiary/aromatic N) is 2. The van der Waals surface area contributed by atoms with E-state index < -0.39 is 0 Å². The average molecular weight is 324 g/mol. The van der Waals surface area contributed by atoms with Crippen LogP contribution in [-0.4, -0.2) is 26.6 Å². The third kappa shape index (κ3) is 2.55. The SMILES string of the molecule is OCC1(NCc2cnc3ccc(Br)cn23)CCCC1. The molecule has 0 aromatic carbocycles. The summed E-state index contributed by atoms with van der Waals surface area (Å²) in [5.74, 6) is 0. The number of hydrogen-bond donors (Lipinski definition) is 2. The lowest BCUT2D eigenvalue weighted by Crippen LogP contribution is -2.45. The maximum atomic E-state index is 9.61. The van der Waals surface area contributed by atoms with E-state index in [-0.39, 0.29) is 12.1 Å². The molecule has 1 saturated carbocycles. The van der Waals surface area contributed by atoms with Gasteiger partial charge in [-0.1, -0.05) is 12.8 Å². The number of aliphatic hydroxyl groups is 1. The summed E-state index contributed by atoms with van der Waals surface area (Å²) in [4.78, 5) is 4.39. The van der Waals surface area contributed by atoms with Crippen LogP contribution in [0.5, 0.6) is 0 Å². The molecule has 0 saturated heterocycles. The average Bonchev–Trinajstić information content (AvgIpc) is 3.03. The highest BCUT2D eigenvalue weighted by Crippen LogP contribution is 2.29. The summed E-state index contributed by atoms with van der Waals surface area (Å²) < 4.78 is 3.12. The Kier molecular flexibility index (Phi) is 3.60. The van der Waals surface area contributed by atoms with E-state index in [1.807, 2.05) is 24.5 Å². The van der Waals surface area contributed by atoms with Crippen molar-refractivity contribution >= 4 is 21.6 Å². The molecule has 2 aromatic rings. The van der Waals surface area contributed by atoms with E-state index in [0.29, 0.717) is 0 Å². The second-order valence-electron chi connectivity index (χ2n) is 5.32. The van der Waals surface area contributed by atoms with Gasteiger partial charge in [0.05, 0.1) is 18.5 Å². The third-order valence-electron chi connectivity index (χ3n) is 4.05. The van der Waals surface area contributed by atoms with Crippen LogP contribution in [0.3, 0.4) is 0 Å². The summed E-state index contributed by atoms with van der Waals surface area (Å²) in [7, 11) is 0. The van der Waals surface area contributed by atoms with Crippen LogP contribution in [0, 0.1) is 0 Å². The van der Waals surface area contributed by atoms with Gasteiger partial charge in [0.25, 0.3) is 0 Å². The predicted octanol–water partition coefficient (Wildman–Crippen LogP) is 2.49. The normalized spacial score (nSPS) is 18.2. The van der Waals surface area contributed by atoms with Gasteiger partial charge in [-0.05, 0) is 40.9 Å². The minimum absolute atomic E-state index is 0.0871. The molecule has 102 valence electrons. The summed E-state index contributed by atoms with van der Waals surface area (Å²) in [5.41, 5.74) is 1.98. The Morgan fingerprint density at radius 1 is 1.37 bits per heavy atom. The van der Waals surface area contributed by atoms with E-state index in [1.165, 1.54) is 12.8 Å². The quantitative estimate of drug-likeness (QED) is 0.908. The topological polar surface area (TPSA) is 49.6 Å². The highest BCUT2D eigenvalue weighted by Gasteiger charge is 2.32. The summed E-state index contributed by atoms with van der Waals surface area (Å²) in [6, 6.07) is 3.98. The molecule has 1 aliphatic carbocycles. The number of rotatable bonds is 4. The van der Waals surface area contributed by atoms with Crippen LogP contribution >= 0.6 is 15.9 Å². The van der Waals surface area contributed by atoms with Gasteiger partial charge < -0.3 is 14.8 Å². The monoisotopic (exact) mass is 323 g/mol. The van der Waals surface area contributed by atoms with Crippen LogP contribution in [0.2, 0.25) is 0 Å². The zero-order valence-corrected chi connectivity index (χ0v) is 12.4. The number of halogens is 1. The zero-order valence-electron chi connectivity index (χ0n) is 10.8. The molecule has 19 heavy (non-hydrogen) atoms. The molecule has 3 rings (SSSR count). The minimum atomic E-state index is -0.0871. The molecule has 0 aliphatic heterocycles. The van der Waals surface area contributed by atoms with Gasteiger partial charge in [-0.25, -0.2) is 4.98 Å². The fourth-order valence-corrected chi connectivity index (χ4v) is 3.19. The summed E-state index contributed by atoms with van der Waals surface area (Å²) >= 11 is 3.48. The molecule has 0 radical (unpaired) electrons. The van der Waals surface area contributed by atoms with Gasteiger partial charge >= 0.3 is 0 Å². The molecule has 1 fully saturated rings. The summed E-state index contributed by atoms with van der Waals surface area (Å²) in [5, 5.41) is 13.1. The van der Waals surface area contributed by atoms with E-state index in [0.717, 1.165) is 35.2 Å². The molecule has 2 N–H and O–H groups in total. The fourth-order valence-electron chi connectivity index (χ4n) is 2.86. The predicted molar refractivity (Wildman–Crippen MR) is 78.0 cm³/mol. The van der Waals surface area contributed by atoms with Crippen molar-refractivity contribution in [3.8, 4) is 0 Å². The first-order valence-electron chi connectivity index (χ1n) is 6.70. The van der Waals surface area contributed by atoms with Gasteiger partial charge in [-0.2, -0.15) is 0 Å². The first-order chi connectivity index (χ1) is 9.22. The molecule has 4 nitrogen and oxygen atoms in total. The van der Waals surface area contributed by atoms with Crippen molar-refractivity contribution in [1.29, 1.82) is 0 Å². The first kappa shape index (κ1) is 13.1. The Morgan fingerprint density at radius 3 is 2.89 bits per heavy atom. The molecule has 0 unspecified atom stereocenters. The molecule has 1 aliphatic rings. The molecule has 0 atom stereocenters. The van der Waals surface area contributed by atoms with E-state index in [2.05, 4.69) is 30.6 Å². The van der Waals surface area contributed by atoms with Crippen molar-refractivity contribution in [3.63, 3.8) is 0 Å². The van der Waals surface area contributed by atoms with Crippen molar-refractivity contribution in [2.75, 3.05) is 6.61 Å². The lowest BCUT2D eigenvalue weighted by Gasteiger charge is -2.28. The first-order valence-corrected chi connectivity index (χ1v) is 7.49. The van der Waals surface area contributed by atoms with Crippen LogP contribution in [0.4, 0.5) is 0 Å². The second-order valence-corrected chi connectivity index (χ2v) is 6.24. The van der Waals surface area contributed by atoms with E-state index in [9.17, 15) is 5.11 Å². The Labute approximate surface area is 121 Å². The lowest BCUT2D eigenvalue weighted by molar-refractivity contribution is 0.162. The van der Waals surface area contributed by atoms with Crippen molar-refractivity contribution in [2.24, 2.45) is 0 Å². The smallest absolute Gasteiger partial charge is 0.136 e. The van der Waals surface area contributed by atoms with Crippen molar-refractivity contribution in [2.45, 2.75) is 37.8 Å². The number of aliphatic hydroxyl groups excluding tert-OH is 1. The van der Waals surface area contributed by atoms with Crippen LogP contribution in [-0.2, 0) is 6.54 Å². The Balaban J connectivity index is 1.80. The number of fused-ring (bicyclic) bond motifs is 1. The minimum Gasteiger partial charge on any atom is -0.394 e. The van der Waals surface area contributed by atoms with Crippen LogP contribution in [0.25, 0.3) is 5.65 Å². The number of imidazole rings is 1. The van der Waals surface area contributed by atoms with Crippen molar-refractivity contribution in [3.05, 3.63) is 34.7 Å². The van der Waals surface area contributed by atoms with Gasteiger partial charge in [-0.15, -0.1) is 0 Å². The standard InChI is InChI=1S/C14H18BrN3O/c15-11-3-4-13-16-7-12(18(13)9-11)8-17-14(10-19)5-1-2-6-14/h3-4,7,9,17,19H,1-2,5-6,8,10H2. The molecular formula is C14H18BrN3O. The Morgan fingerprint density at radius 2 is 2.16 bits per heavy atom. The molecule has 2 heterocycles. The molecule has 0 bridgehead atoms. The molecule has 5 heteroatoms. The van der Waals surface area contributed by atoms with E-state index >= 15 is 0 Å². The Hall–Kier alpha value is -0.910. The van der Waals surface area contributed by atoms with Crippen molar-refractivity contribution < 1.29 is 5.11 Å². The second kappa shape index (κ2) is 5.23. The highest BCUT2D eigenvalue weighted by molar-refractivity contribution is 9.10. The van der Waals surface area contributed by atoms with Crippen LogP contribution in [0.15, 0.2) is 29.0 Å². The van der Waals surface area contributed by atoms with Gasteiger partial charge in [0, 0.05) is 22.8 Å². The molecule has 2 aromatic heterocycles.